The van der Waals surface area contributed by atoms with Gasteiger partial charge in [-0.3, -0.25) is 0 Å². The molecule has 4 amide bonds. The van der Waals surface area contributed by atoms with Crippen LogP contribution in [0.4, 0.5) is 14.0 Å². The van der Waals surface area contributed by atoms with E-state index >= 15 is 0 Å². The first-order valence-corrected chi connectivity index (χ1v) is 19.5. The molecule has 0 bridgehead atoms. The van der Waals surface area contributed by atoms with Gasteiger partial charge in [0.2, 0.25) is 0 Å². The average molecular weight is 747 g/mol. The summed E-state index contributed by atoms with van der Waals surface area (Å²) in [5.41, 5.74) is 4.72. The maximum absolute atomic E-state index is 14.3. The van der Waals surface area contributed by atoms with Crippen LogP contribution in [-0.2, 0) is 11.1 Å². The monoisotopic (exact) mass is 746 g/mol. The molecule has 0 fully saturated rings. The standard InChI is InChI=1S/C23H24FN3O.C21H27N3OS/c1-4-5-15-21-19(18-13-9-10-14-20(18)24)16-27(26-21)22(28)25-23(2,3)17-11-7-6-8-12-17;1-4-5-11-19-18(16-12-13-26-15-16)14-24(23-19)20(25)22-21(2,3)17-9-7-6-8-10-17/h1,6-14,19H,5,15-16H2,2-3H3,(H,25,28);6-10,12-13,15,18H,4-5,11,14H2,1-3H3,(H,22,25). The number of nitrogens with zero attached hydrogens (tertiary/aromatic N) is 4. The first-order valence-electron chi connectivity index (χ1n) is 18.6. The molecule has 6 rings (SSSR count). The number of benzene rings is 3. The second-order valence-electron chi connectivity index (χ2n) is 14.7. The highest BCUT2D eigenvalue weighted by atomic mass is 32.1. The highest BCUT2D eigenvalue weighted by Gasteiger charge is 2.35. The van der Waals surface area contributed by atoms with Crippen LogP contribution in [0.5, 0.6) is 0 Å². The lowest BCUT2D eigenvalue weighted by Crippen LogP contribution is -2.46. The van der Waals surface area contributed by atoms with E-state index in [1.807, 2.05) is 88.4 Å². The number of halogens is 1. The summed E-state index contributed by atoms with van der Waals surface area (Å²) < 4.78 is 14.3. The molecule has 282 valence electrons. The third-order valence-corrected chi connectivity index (χ3v) is 10.6. The predicted octanol–water partition coefficient (Wildman–Crippen LogP) is 9.98. The summed E-state index contributed by atoms with van der Waals surface area (Å²) in [6.45, 7) is 11.0. The Hall–Kier alpha value is -5.27. The maximum atomic E-state index is 14.3. The molecule has 54 heavy (non-hydrogen) atoms. The third-order valence-electron chi connectivity index (χ3n) is 9.85. The number of carbonyl (C=O) groups excluding carboxylic acids is 2. The van der Waals surface area contributed by atoms with Crippen LogP contribution in [-0.4, -0.2) is 46.6 Å². The average Bonchev–Trinajstić information content (AvgIpc) is 3.95. The van der Waals surface area contributed by atoms with Crippen LogP contribution in [0.25, 0.3) is 0 Å². The van der Waals surface area contributed by atoms with Gasteiger partial charge in [-0.05, 0) is 92.1 Å². The van der Waals surface area contributed by atoms with Crippen molar-refractivity contribution in [2.75, 3.05) is 13.1 Å². The molecule has 0 spiro atoms. The molecule has 10 heteroatoms. The molecule has 0 aliphatic carbocycles. The number of hydrogen-bond acceptors (Lipinski definition) is 5. The quantitative estimate of drug-likeness (QED) is 0.150. The van der Waals surface area contributed by atoms with Crippen molar-refractivity contribution in [2.24, 2.45) is 10.2 Å². The number of rotatable bonds is 11. The van der Waals surface area contributed by atoms with Crippen LogP contribution in [0, 0.1) is 18.2 Å². The molecule has 0 radical (unpaired) electrons. The lowest BCUT2D eigenvalue weighted by Gasteiger charge is -2.28. The molecule has 2 N–H and O–H groups in total. The number of urea groups is 2. The van der Waals surface area contributed by atoms with Crippen molar-refractivity contribution in [2.45, 2.75) is 89.6 Å². The Labute approximate surface area is 323 Å². The van der Waals surface area contributed by atoms with Crippen molar-refractivity contribution in [1.29, 1.82) is 0 Å². The summed E-state index contributed by atoms with van der Waals surface area (Å²) in [6, 6.07) is 28.1. The highest BCUT2D eigenvalue weighted by Crippen LogP contribution is 2.31. The number of hydrazone groups is 2. The first kappa shape index (κ1) is 39.9. The molecule has 8 nitrogen and oxygen atoms in total. The number of hydrogen-bond donors (Lipinski definition) is 2. The van der Waals surface area contributed by atoms with Crippen LogP contribution in [0.1, 0.15) is 101 Å². The number of unbranched alkanes of at least 4 members (excludes halogenated alkanes) is 1. The maximum Gasteiger partial charge on any atom is 0.338 e. The fourth-order valence-electron chi connectivity index (χ4n) is 6.68. The van der Waals surface area contributed by atoms with E-state index in [-0.39, 0.29) is 36.3 Å². The van der Waals surface area contributed by atoms with Crippen molar-refractivity contribution >= 4 is 34.8 Å². The summed E-state index contributed by atoms with van der Waals surface area (Å²) >= 11 is 1.70. The zero-order valence-electron chi connectivity index (χ0n) is 31.9. The molecule has 3 aromatic carbocycles. The van der Waals surface area contributed by atoms with Gasteiger partial charge in [-0.2, -0.15) is 21.5 Å². The third kappa shape index (κ3) is 10.0. The molecular weight excluding hydrogens is 696 g/mol. The predicted molar refractivity (Wildman–Crippen MR) is 218 cm³/mol. The largest absolute Gasteiger partial charge is 0.338 e. The smallest absolute Gasteiger partial charge is 0.328 e. The van der Waals surface area contributed by atoms with E-state index in [1.165, 1.54) is 16.6 Å². The minimum Gasteiger partial charge on any atom is -0.328 e. The van der Waals surface area contributed by atoms with Crippen molar-refractivity contribution in [3.8, 4) is 12.3 Å². The molecule has 2 atom stereocenters. The molecule has 2 aliphatic rings. The van der Waals surface area contributed by atoms with E-state index in [1.54, 1.807) is 34.5 Å². The Morgan fingerprint density at radius 3 is 1.81 bits per heavy atom. The highest BCUT2D eigenvalue weighted by molar-refractivity contribution is 7.08. The van der Waals surface area contributed by atoms with E-state index in [4.69, 9.17) is 6.42 Å². The van der Waals surface area contributed by atoms with Gasteiger partial charge in [0.1, 0.15) is 5.82 Å². The van der Waals surface area contributed by atoms with E-state index in [2.05, 4.69) is 50.5 Å². The van der Waals surface area contributed by atoms with Gasteiger partial charge in [0, 0.05) is 29.7 Å². The van der Waals surface area contributed by atoms with E-state index < -0.39 is 11.1 Å². The van der Waals surface area contributed by atoms with Gasteiger partial charge in [0.15, 0.2) is 0 Å². The van der Waals surface area contributed by atoms with Crippen LogP contribution in [0.15, 0.2) is 112 Å². The van der Waals surface area contributed by atoms with Crippen LogP contribution in [0.2, 0.25) is 0 Å². The minimum atomic E-state index is -0.567. The number of nitrogens with one attached hydrogen (secondary N) is 2. The summed E-state index contributed by atoms with van der Waals surface area (Å²) in [5.74, 6) is 2.22. The van der Waals surface area contributed by atoms with E-state index in [0.29, 0.717) is 24.9 Å². The molecule has 2 aliphatic heterocycles. The molecule has 0 saturated carbocycles. The minimum absolute atomic E-state index is 0.134. The van der Waals surface area contributed by atoms with Gasteiger partial charge in [-0.15, -0.1) is 12.3 Å². The number of thiophene rings is 1. The van der Waals surface area contributed by atoms with Gasteiger partial charge in [-0.1, -0.05) is 92.2 Å². The zero-order valence-corrected chi connectivity index (χ0v) is 32.7. The van der Waals surface area contributed by atoms with Crippen molar-refractivity contribution < 1.29 is 14.0 Å². The van der Waals surface area contributed by atoms with Crippen LogP contribution in [0.3, 0.4) is 0 Å². The summed E-state index contributed by atoms with van der Waals surface area (Å²) in [4.78, 5) is 25.8. The fourth-order valence-corrected chi connectivity index (χ4v) is 7.39. The van der Waals surface area contributed by atoms with E-state index in [9.17, 15) is 14.0 Å². The van der Waals surface area contributed by atoms with Crippen molar-refractivity contribution in [3.63, 3.8) is 0 Å². The summed E-state index contributed by atoms with van der Waals surface area (Å²) in [6.07, 6.45) is 9.59. The van der Waals surface area contributed by atoms with E-state index in [0.717, 1.165) is 41.8 Å². The summed E-state index contributed by atoms with van der Waals surface area (Å²) in [5, 5.41) is 22.6. The molecular formula is C44H51FN6O2S. The topological polar surface area (TPSA) is 89.4 Å². The zero-order chi connectivity index (χ0) is 38.7. The normalized spacial score (nSPS) is 16.8. The Balaban J connectivity index is 0.000000208. The number of amides is 4. The Bertz CT molecular complexity index is 1950. The Morgan fingerprint density at radius 1 is 0.796 bits per heavy atom. The Kier molecular flexibility index (Phi) is 13.4. The van der Waals surface area contributed by atoms with Gasteiger partial charge in [0.05, 0.1) is 24.2 Å². The van der Waals surface area contributed by atoms with Crippen molar-refractivity contribution in [3.05, 3.63) is 130 Å². The lowest BCUT2D eigenvalue weighted by atomic mass is 9.92. The lowest BCUT2D eigenvalue weighted by molar-refractivity contribution is 0.191. The second-order valence-corrected chi connectivity index (χ2v) is 15.5. The number of terminal acetylenes is 1. The summed E-state index contributed by atoms with van der Waals surface area (Å²) in [7, 11) is 0. The first-order chi connectivity index (χ1) is 25.9. The van der Waals surface area contributed by atoms with Crippen LogP contribution < -0.4 is 10.6 Å². The Morgan fingerprint density at radius 2 is 1.31 bits per heavy atom. The number of carbonyl (C=O) groups is 2. The van der Waals surface area contributed by atoms with Crippen molar-refractivity contribution in [1.82, 2.24) is 20.7 Å². The SMILES string of the molecule is C#CCCC1=NN(C(=O)NC(C)(C)c2ccccc2)CC1c1ccccc1F.CCCCC1=NN(C(=O)NC(C)(C)c2ccccc2)CC1c1ccsc1. The molecule has 4 aromatic rings. The fraction of sp³-hybridized carbons (Fsp3) is 0.364. The molecule has 0 saturated heterocycles. The van der Waals surface area contributed by atoms with Gasteiger partial charge >= 0.3 is 12.1 Å². The van der Waals surface area contributed by atoms with Gasteiger partial charge in [-0.25, -0.2) is 24.0 Å². The van der Waals surface area contributed by atoms with Gasteiger partial charge in [0.25, 0.3) is 0 Å². The molecule has 3 heterocycles. The second kappa shape index (κ2) is 18.2. The van der Waals surface area contributed by atoms with Gasteiger partial charge < -0.3 is 10.6 Å². The molecule has 2 unspecified atom stereocenters. The van der Waals surface area contributed by atoms with Crippen LogP contribution >= 0.6 is 11.3 Å². The molecule has 1 aromatic heterocycles.